The number of amides is 1. The second kappa shape index (κ2) is 7.53. The molecule has 0 atom stereocenters. The quantitative estimate of drug-likeness (QED) is 0.708. The summed E-state index contributed by atoms with van der Waals surface area (Å²) in [4.78, 5) is 17.5. The number of fused-ring (bicyclic) bond motifs is 1. The highest BCUT2D eigenvalue weighted by Crippen LogP contribution is 2.48. The topological polar surface area (TPSA) is 76.2 Å². The van der Waals surface area contributed by atoms with Crippen LogP contribution in [0.1, 0.15) is 24.0 Å². The van der Waals surface area contributed by atoms with Crippen LogP contribution in [0, 0.1) is 6.92 Å². The Kier molecular flexibility index (Phi) is 4.94. The third kappa shape index (κ3) is 3.57. The van der Waals surface area contributed by atoms with Crippen LogP contribution in [0.2, 0.25) is 0 Å². The standard InChI is InChI=1S/C23H26N2O5S/c1-17-2-5-19(6-3-17)31(27,28)23(8-9-23)22(26)25-12-10-24(11-13-25)15-18-4-7-20-21(14-18)30-16-29-20/h2-7,14H,8-13,15-16H2,1H3. The molecule has 2 fully saturated rings. The highest BCUT2D eigenvalue weighted by atomic mass is 32.2. The van der Waals surface area contributed by atoms with Crippen molar-refractivity contribution in [2.45, 2.75) is 36.0 Å². The van der Waals surface area contributed by atoms with Gasteiger partial charge in [0, 0.05) is 32.7 Å². The number of hydrogen-bond donors (Lipinski definition) is 0. The van der Waals surface area contributed by atoms with Gasteiger partial charge in [-0.15, -0.1) is 0 Å². The second-order valence-electron chi connectivity index (χ2n) is 8.57. The smallest absolute Gasteiger partial charge is 0.244 e. The maximum Gasteiger partial charge on any atom is 0.244 e. The Balaban J connectivity index is 1.23. The Morgan fingerprint density at radius 2 is 1.65 bits per heavy atom. The molecule has 1 saturated heterocycles. The van der Waals surface area contributed by atoms with Gasteiger partial charge in [0.15, 0.2) is 26.1 Å². The van der Waals surface area contributed by atoms with Gasteiger partial charge in [-0.05, 0) is 49.6 Å². The lowest BCUT2D eigenvalue weighted by atomic mass is 10.1. The minimum Gasteiger partial charge on any atom is -0.454 e. The van der Waals surface area contributed by atoms with Crippen molar-refractivity contribution in [3.05, 3.63) is 53.6 Å². The number of sulfone groups is 1. The van der Waals surface area contributed by atoms with Crippen molar-refractivity contribution in [2.24, 2.45) is 0 Å². The van der Waals surface area contributed by atoms with Gasteiger partial charge in [-0.2, -0.15) is 0 Å². The molecule has 2 heterocycles. The zero-order valence-corrected chi connectivity index (χ0v) is 18.4. The molecule has 0 bridgehead atoms. The normalized spacial score (nSPS) is 20.0. The number of ether oxygens (including phenoxy) is 2. The fourth-order valence-corrected chi connectivity index (χ4v) is 6.29. The average molecular weight is 443 g/mol. The summed E-state index contributed by atoms with van der Waals surface area (Å²) in [5, 5.41) is 0. The van der Waals surface area contributed by atoms with Crippen molar-refractivity contribution in [3.8, 4) is 11.5 Å². The van der Waals surface area contributed by atoms with Crippen LogP contribution >= 0.6 is 0 Å². The monoisotopic (exact) mass is 442 g/mol. The fraction of sp³-hybridized carbons (Fsp3) is 0.435. The van der Waals surface area contributed by atoms with Crippen molar-refractivity contribution in [1.29, 1.82) is 0 Å². The molecule has 1 amide bonds. The van der Waals surface area contributed by atoms with Gasteiger partial charge in [0.2, 0.25) is 12.7 Å². The lowest BCUT2D eigenvalue weighted by molar-refractivity contribution is -0.133. The third-order valence-electron chi connectivity index (χ3n) is 6.44. The van der Waals surface area contributed by atoms with E-state index in [0.29, 0.717) is 39.0 Å². The summed E-state index contributed by atoms with van der Waals surface area (Å²) in [6, 6.07) is 12.7. The SMILES string of the molecule is Cc1ccc(S(=O)(=O)C2(C(=O)N3CCN(Cc4ccc5c(c4)OCO5)CC3)CC2)cc1. The first-order valence-corrected chi connectivity index (χ1v) is 12.1. The number of rotatable bonds is 5. The molecule has 2 aromatic rings. The summed E-state index contributed by atoms with van der Waals surface area (Å²) in [7, 11) is -3.69. The van der Waals surface area contributed by atoms with E-state index in [2.05, 4.69) is 4.90 Å². The molecule has 164 valence electrons. The third-order valence-corrected chi connectivity index (χ3v) is 8.95. The van der Waals surface area contributed by atoms with E-state index in [1.165, 1.54) is 0 Å². The van der Waals surface area contributed by atoms with Crippen LogP contribution in [-0.2, 0) is 21.2 Å². The summed E-state index contributed by atoms with van der Waals surface area (Å²) >= 11 is 0. The molecule has 31 heavy (non-hydrogen) atoms. The molecule has 0 spiro atoms. The van der Waals surface area contributed by atoms with E-state index >= 15 is 0 Å². The van der Waals surface area contributed by atoms with Gasteiger partial charge in [0.25, 0.3) is 0 Å². The van der Waals surface area contributed by atoms with Crippen LogP contribution in [0.15, 0.2) is 47.4 Å². The molecule has 1 aliphatic carbocycles. The molecule has 0 N–H and O–H groups in total. The summed E-state index contributed by atoms with van der Waals surface area (Å²) < 4.78 is 36.0. The minimum atomic E-state index is -3.69. The first-order chi connectivity index (χ1) is 14.9. The predicted molar refractivity (Wildman–Crippen MR) is 115 cm³/mol. The van der Waals surface area contributed by atoms with E-state index in [0.717, 1.165) is 29.2 Å². The maximum atomic E-state index is 13.3. The zero-order chi connectivity index (χ0) is 21.6. The van der Waals surface area contributed by atoms with E-state index in [1.54, 1.807) is 29.2 Å². The van der Waals surface area contributed by atoms with Gasteiger partial charge in [-0.25, -0.2) is 8.42 Å². The average Bonchev–Trinajstić information content (AvgIpc) is 3.47. The minimum absolute atomic E-state index is 0.240. The summed E-state index contributed by atoms with van der Waals surface area (Å²) in [6.45, 7) is 5.42. The summed E-state index contributed by atoms with van der Waals surface area (Å²) in [5.74, 6) is 1.29. The Hall–Kier alpha value is -2.58. The number of nitrogens with zero attached hydrogens (tertiary/aromatic N) is 2. The fourth-order valence-electron chi connectivity index (χ4n) is 4.35. The molecule has 0 radical (unpaired) electrons. The Bertz CT molecular complexity index is 1100. The molecule has 3 aliphatic rings. The van der Waals surface area contributed by atoms with E-state index in [1.807, 2.05) is 25.1 Å². The van der Waals surface area contributed by atoms with Crippen molar-refractivity contribution in [3.63, 3.8) is 0 Å². The Labute approximate surface area is 182 Å². The molecule has 7 nitrogen and oxygen atoms in total. The predicted octanol–water partition coefficient (Wildman–Crippen LogP) is 2.37. The molecular weight excluding hydrogens is 416 g/mol. The Morgan fingerprint density at radius 1 is 0.968 bits per heavy atom. The van der Waals surface area contributed by atoms with E-state index in [-0.39, 0.29) is 17.6 Å². The van der Waals surface area contributed by atoms with Crippen LogP contribution < -0.4 is 9.47 Å². The van der Waals surface area contributed by atoms with Gasteiger partial charge in [-0.3, -0.25) is 9.69 Å². The molecule has 5 rings (SSSR count). The Morgan fingerprint density at radius 3 is 2.32 bits per heavy atom. The highest BCUT2D eigenvalue weighted by Gasteiger charge is 2.62. The first-order valence-electron chi connectivity index (χ1n) is 10.6. The van der Waals surface area contributed by atoms with Gasteiger partial charge in [0.1, 0.15) is 0 Å². The van der Waals surface area contributed by atoms with E-state index in [4.69, 9.17) is 9.47 Å². The van der Waals surface area contributed by atoms with E-state index in [9.17, 15) is 13.2 Å². The highest BCUT2D eigenvalue weighted by molar-refractivity contribution is 7.94. The first kappa shape index (κ1) is 20.3. The largest absolute Gasteiger partial charge is 0.454 e. The lowest BCUT2D eigenvalue weighted by Crippen LogP contribution is -2.53. The van der Waals surface area contributed by atoms with Crippen LogP contribution in [-0.4, -0.2) is 61.8 Å². The van der Waals surface area contributed by atoms with Crippen LogP contribution in [0.25, 0.3) is 0 Å². The number of carbonyl (C=O) groups is 1. The van der Waals surface area contributed by atoms with Crippen LogP contribution in [0.5, 0.6) is 11.5 Å². The molecule has 2 aliphatic heterocycles. The molecule has 0 unspecified atom stereocenters. The van der Waals surface area contributed by atoms with Gasteiger partial charge < -0.3 is 14.4 Å². The maximum absolute atomic E-state index is 13.3. The molecule has 2 aromatic carbocycles. The summed E-state index contributed by atoms with van der Waals surface area (Å²) in [6.07, 6.45) is 0.804. The van der Waals surface area contributed by atoms with Gasteiger partial charge in [-0.1, -0.05) is 23.8 Å². The number of hydrogen-bond acceptors (Lipinski definition) is 6. The number of piperazine rings is 1. The van der Waals surface area contributed by atoms with Crippen LogP contribution in [0.4, 0.5) is 0 Å². The molecule has 0 aromatic heterocycles. The van der Waals surface area contributed by atoms with Gasteiger partial charge in [0.05, 0.1) is 4.90 Å². The molecular formula is C23H26N2O5S. The van der Waals surface area contributed by atoms with Crippen molar-refractivity contribution in [2.75, 3.05) is 33.0 Å². The lowest BCUT2D eigenvalue weighted by Gasteiger charge is -2.36. The van der Waals surface area contributed by atoms with Crippen LogP contribution in [0.3, 0.4) is 0 Å². The van der Waals surface area contributed by atoms with Gasteiger partial charge >= 0.3 is 0 Å². The number of benzene rings is 2. The zero-order valence-electron chi connectivity index (χ0n) is 17.5. The van der Waals surface area contributed by atoms with E-state index < -0.39 is 14.6 Å². The van der Waals surface area contributed by atoms with Crippen molar-refractivity contribution in [1.82, 2.24) is 9.80 Å². The molecule has 1 saturated carbocycles. The van der Waals surface area contributed by atoms with Crippen molar-refractivity contribution < 1.29 is 22.7 Å². The number of aryl methyl sites for hydroxylation is 1. The second-order valence-corrected chi connectivity index (χ2v) is 10.8. The number of carbonyl (C=O) groups excluding carboxylic acids is 1. The summed E-state index contributed by atoms with van der Waals surface area (Å²) in [5.41, 5.74) is 2.12. The molecule has 8 heteroatoms. The van der Waals surface area contributed by atoms with Crippen molar-refractivity contribution >= 4 is 15.7 Å².